The van der Waals surface area contributed by atoms with Crippen LogP contribution in [0.2, 0.25) is 0 Å². The molecular formula is C18H20O4. The maximum Gasteiger partial charge on any atom is 0.342 e. The lowest BCUT2D eigenvalue weighted by molar-refractivity contribution is 0.0468. The third kappa shape index (κ3) is 3.58. The summed E-state index contributed by atoms with van der Waals surface area (Å²) >= 11 is 0. The number of hydrogen-bond donors (Lipinski definition) is 1. The highest BCUT2D eigenvalue weighted by atomic mass is 16.5. The number of phenols is 1. The average molecular weight is 300 g/mol. The minimum Gasteiger partial charge on any atom is -0.504 e. The molecule has 0 unspecified atom stereocenters. The third-order valence-electron chi connectivity index (χ3n) is 3.46. The summed E-state index contributed by atoms with van der Waals surface area (Å²) in [6.07, 6.45) is 0. The standard InChI is InChI=1S/C18H20O4/c1-12(2)14-9-7-13(8-10-14)11-22-18(20)15-5-4-6-16(21-3)17(15)19/h4-10,12,19H,11H2,1-3H3. The zero-order chi connectivity index (χ0) is 16.1. The summed E-state index contributed by atoms with van der Waals surface area (Å²) in [7, 11) is 1.43. The van der Waals surface area contributed by atoms with E-state index in [4.69, 9.17) is 9.47 Å². The second-order valence-corrected chi connectivity index (χ2v) is 5.33. The Morgan fingerprint density at radius 2 is 1.82 bits per heavy atom. The lowest BCUT2D eigenvalue weighted by Gasteiger charge is -2.10. The highest BCUT2D eigenvalue weighted by Crippen LogP contribution is 2.29. The quantitative estimate of drug-likeness (QED) is 0.851. The van der Waals surface area contributed by atoms with Crippen molar-refractivity contribution in [2.24, 2.45) is 0 Å². The van der Waals surface area contributed by atoms with Gasteiger partial charge in [-0.2, -0.15) is 0 Å². The Labute approximate surface area is 130 Å². The molecule has 0 spiro atoms. The van der Waals surface area contributed by atoms with Gasteiger partial charge in [-0.1, -0.05) is 44.2 Å². The first-order valence-corrected chi connectivity index (χ1v) is 7.15. The number of phenolic OH excluding ortho intramolecular Hbond substituents is 1. The number of aromatic hydroxyl groups is 1. The molecule has 0 aliphatic heterocycles. The highest BCUT2D eigenvalue weighted by molar-refractivity contribution is 5.93. The van der Waals surface area contributed by atoms with Gasteiger partial charge in [-0.05, 0) is 29.2 Å². The summed E-state index contributed by atoms with van der Waals surface area (Å²) in [4.78, 5) is 12.0. The first kappa shape index (κ1) is 15.9. The normalized spacial score (nSPS) is 10.5. The van der Waals surface area contributed by atoms with Crippen molar-refractivity contribution in [3.8, 4) is 11.5 Å². The Hall–Kier alpha value is -2.49. The van der Waals surface area contributed by atoms with Crippen molar-refractivity contribution in [3.05, 3.63) is 59.2 Å². The van der Waals surface area contributed by atoms with E-state index >= 15 is 0 Å². The van der Waals surface area contributed by atoms with E-state index in [2.05, 4.69) is 13.8 Å². The number of rotatable bonds is 5. The summed E-state index contributed by atoms with van der Waals surface area (Å²) < 4.78 is 10.2. The van der Waals surface area contributed by atoms with Gasteiger partial charge in [0.1, 0.15) is 12.2 Å². The molecule has 0 bridgehead atoms. The monoisotopic (exact) mass is 300 g/mol. The highest BCUT2D eigenvalue weighted by Gasteiger charge is 2.16. The number of carbonyl (C=O) groups excluding carboxylic acids is 1. The Kier molecular flexibility index (Phi) is 5.04. The van der Waals surface area contributed by atoms with Crippen LogP contribution in [0.1, 0.15) is 41.3 Å². The molecule has 0 aliphatic rings. The number of methoxy groups -OCH3 is 1. The molecule has 2 aromatic carbocycles. The second-order valence-electron chi connectivity index (χ2n) is 5.33. The van der Waals surface area contributed by atoms with Crippen LogP contribution in [0.4, 0.5) is 0 Å². The van der Waals surface area contributed by atoms with E-state index in [0.717, 1.165) is 5.56 Å². The summed E-state index contributed by atoms with van der Waals surface area (Å²) in [5.74, 6) is -0.0736. The largest absolute Gasteiger partial charge is 0.504 e. The molecule has 0 atom stereocenters. The Bertz CT molecular complexity index is 645. The van der Waals surface area contributed by atoms with Crippen molar-refractivity contribution in [1.29, 1.82) is 0 Å². The van der Waals surface area contributed by atoms with E-state index < -0.39 is 5.97 Å². The fraction of sp³-hybridized carbons (Fsp3) is 0.278. The van der Waals surface area contributed by atoms with E-state index in [1.807, 2.05) is 24.3 Å². The lowest BCUT2D eigenvalue weighted by atomic mass is 10.0. The molecule has 0 aromatic heterocycles. The Balaban J connectivity index is 2.04. The van der Waals surface area contributed by atoms with Crippen LogP contribution >= 0.6 is 0 Å². The fourth-order valence-corrected chi connectivity index (χ4v) is 2.08. The van der Waals surface area contributed by atoms with Crippen LogP contribution in [0.15, 0.2) is 42.5 Å². The van der Waals surface area contributed by atoms with Gasteiger partial charge in [-0.15, -0.1) is 0 Å². The molecule has 116 valence electrons. The summed E-state index contributed by atoms with van der Waals surface area (Å²) in [5.41, 5.74) is 2.24. The van der Waals surface area contributed by atoms with Gasteiger partial charge in [0.2, 0.25) is 0 Å². The second kappa shape index (κ2) is 6.98. The molecule has 0 heterocycles. The van der Waals surface area contributed by atoms with Crippen molar-refractivity contribution in [1.82, 2.24) is 0 Å². The number of esters is 1. The van der Waals surface area contributed by atoms with Gasteiger partial charge in [0.05, 0.1) is 7.11 Å². The molecular weight excluding hydrogens is 280 g/mol. The minimum absolute atomic E-state index is 0.0955. The van der Waals surface area contributed by atoms with E-state index in [-0.39, 0.29) is 23.7 Å². The number of ether oxygens (including phenoxy) is 2. The Morgan fingerprint density at radius 1 is 1.14 bits per heavy atom. The predicted molar refractivity (Wildman–Crippen MR) is 84.3 cm³/mol. The van der Waals surface area contributed by atoms with E-state index in [0.29, 0.717) is 5.92 Å². The van der Waals surface area contributed by atoms with Crippen LogP contribution in [0, 0.1) is 0 Å². The van der Waals surface area contributed by atoms with Crippen LogP contribution in [-0.4, -0.2) is 18.2 Å². The van der Waals surface area contributed by atoms with E-state index in [1.165, 1.54) is 18.7 Å². The van der Waals surface area contributed by atoms with Crippen LogP contribution in [0.3, 0.4) is 0 Å². The van der Waals surface area contributed by atoms with Crippen molar-refractivity contribution >= 4 is 5.97 Å². The summed E-state index contributed by atoms with van der Waals surface area (Å²) in [6, 6.07) is 12.6. The predicted octanol–water partition coefficient (Wildman–Crippen LogP) is 3.88. The maximum atomic E-state index is 12.0. The average Bonchev–Trinajstić information content (AvgIpc) is 2.53. The minimum atomic E-state index is -0.579. The molecule has 2 aromatic rings. The van der Waals surface area contributed by atoms with Gasteiger partial charge < -0.3 is 14.6 Å². The summed E-state index contributed by atoms with van der Waals surface area (Å²) in [5, 5.41) is 9.93. The molecule has 0 saturated heterocycles. The van der Waals surface area contributed by atoms with Crippen LogP contribution in [-0.2, 0) is 11.3 Å². The van der Waals surface area contributed by atoms with E-state index in [1.54, 1.807) is 12.1 Å². The van der Waals surface area contributed by atoms with Gasteiger partial charge in [-0.25, -0.2) is 4.79 Å². The van der Waals surface area contributed by atoms with Crippen molar-refractivity contribution in [2.45, 2.75) is 26.4 Å². The zero-order valence-electron chi connectivity index (χ0n) is 13.0. The lowest BCUT2D eigenvalue weighted by Crippen LogP contribution is -2.06. The zero-order valence-corrected chi connectivity index (χ0v) is 13.0. The van der Waals surface area contributed by atoms with Gasteiger partial charge >= 0.3 is 5.97 Å². The topological polar surface area (TPSA) is 55.8 Å². The number of hydrogen-bond acceptors (Lipinski definition) is 4. The molecule has 2 rings (SSSR count). The SMILES string of the molecule is COc1cccc(C(=O)OCc2ccc(C(C)C)cc2)c1O. The smallest absolute Gasteiger partial charge is 0.342 e. The molecule has 0 saturated carbocycles. The third-order valence-corrected chi connectivity index (χ3v) is 3.46. The van der Waals surface area contributed by atoms with Crippen LogP contribution < -0.4 is 4.74 Å². The Morgan fingerprint density at radius 3 is 2.41 bits per heavy atom. The van der Waals surface area contributed by atoms with Crippen molar-refractivity contribution in [3.63, 3.8) is 0 Å². The first-order valence-electron chi connectivity index (χ1n) is 7.15. The molecule has 0 fully saturated rings. The van der Waals surface area contributed by atoms with Crippen LogP contribution in [0.25, 0.3) is 0 Å². The number of carbonyl (C=O) groups is 1. The molecule has 0 radical (unpaired) electrons. The number of benzene rings is 2. The van der Waals surface area contributed by atoms with E-state index in [9.17, 15) is 9.90 Å². The van der Waals surface area contributed by atoms with Crippen molar-refractivity contribution < 1.29 is 19.4 Å². The molecule has 4 nitrogen and oxygen atoms in total. The molecule has 0 amide bonds. The van der Waals surface area contributed by atoms with Crippen molar-refractivity contribution in [2.75, 3.05) is 7.11 Å². The molecule has 4 heteroatoms. The molecule has 22 heavy (non-hydrogen) atoms. The van der Waals surface area contributed by atoms with Crippen LogP contribution in [0.5, 0.6) is 11.5 Å². The fourth-order valence-electron chi connectivity index (χ4n) is 2.08. The van der Waals surface area contributed by atoms with Gasteiger partial charge in [0.15, 0.2) is 11.5 Å². The van der Waals surface area contributed by atoms with Gasteiger partial charge in [-0.3, -0.25) is 0 Å². The van der Waals surface area contributed by atoms with Gasteiger partial charge in [0.25, 0.3) is 0 Å². The first-order chi connectivity index (χ1) is 10.5. The summed E-state index contributed by atoms with van der Waals surface area (Å²) in [6.45, 7) is 4.41. The molecule has 0 aliphatic carbocycles. The maximum absolute atomic E-state index is 12.0. The molecule has 1 N–H and O–H groups in total. The van der Waals surface area contributed by atoms with Gasteiger partial charge in [0, 0.05) is 0 Å². The number of para-hydroxylation sites is 1.